The van der Waals surface area contributed by atoms with Gasteiger partial charge in [0.1, 0.15) is 5.58 Å². The molecule has 0 saturated carbocycles. The minimum atomic E-state index is -0.368. The van der Waals surface area contributed by atoms with Crippen LogP contribution in [0.4, 0.5) is 0 Å². The minimum absolute atomic E-state index is 0.0432. The first-order valence-corrected chi connectivity index (χ1v) is 8.05. The van der Waals surface area contributed by atoms with Crippen molar-refractivity contribution in [2.45, 2.75) is 19.3 Å². The van der Waals surface area contributed by atoms with Gasteiger partial charge in [0, 0.05) is 18.5 Å². The fourth-order valence-corrected chi connectivity index (χ4v) is 2.74. The number of carbonyl (C=O) groups is 1. The van der Waals surface area contributed by atoms with E-state index in [2.05, 4.69) is 24.4 Å². The van der Waals surface area contributed by atoms with E-state index < -0.39 is 0 Å². The highest BCUT2D eigenvalue weighted by atomic mass is 16.3. The number of benzene rings is 2. The molecule has 1 atom stereocenters. The Bertz CT molecular complexity index is 899. The molecule has 4 nitrogen and oxygen atoms in total. The number of rotatable bonds is 5. The summed E-state index contributed by atoms with van der Waals surface area (Å²) in [4.78, 5) is 24.4. The van der Waals surface area contributed by atoms with Crippen LogP contribution in [0.5, 0.6) is 0 Å². The molecule has 0 fully saturated rings. The second kappa shape index (κ2) is 7.13. The lowest BCUT2D eigenvalue weighted by Gasteiger charge is -2.16. The van der Waals surface area contributed by atoms with Crippen molar-refractivity contribution in [2.75, 3.05) is 6.54 Å². The molecule has 3 aromatic rings. The number of amides is 1. The first-order chi connectivity index (χ1) is 11.7. The second-order valence-corrected chi connectivity index (χ2v) is 5.70. The molecule has 4 heteroatoms. The van der Waals surface area contributed by atoms with E-state index in [0.29, 0.717) is 17.5 Å². The number of nitrogens with one attached hydrogen (secondary N) is 1. The molecule has 122 valence electrons. The quantitative estimate of drug-likeness (QED) is 0.779. The molecule has 1 N–H and O–H groups in total. The lowest BCUT2D eigenvalue weighted by atomic mass is 9.96. The molecule has 2 aromatic carbocycles. The van der Waals surface area contributed by atoms with Gasteiger partial charge in [0.15, 0.2) is 11.2 Å². The van der Waals surface area contributed by atoms with Crippen LogP contribution >= 0.6 is 0 Å². The van der Waals surface area contributed by atoms with E-state index in [1.54, 1.807) is 24.3 Å². The van der Waals surface area contributed by atoms with Crippen LogP contribution in [-0.4, -0.2) is 12.5 Å². The first kappa shape index (κ1) is 16.0. The Morgan fingerprint density at radius 3 is 2.54 bits per heavy atom. The highest BCUT2D eigenvalue weighted by molar-refractivity contribution is 5.93. The van der Waals surface area contributed by atoms with Crippen LogP contribution in [0.1, 0.15) is 35.4 Å². The average molecular weight is 321 g/mol. The van der Waals surface area contributed by atoms with Crippen LogP contribution in [0.15, 0.2) is 69.9 Å². The Balaban J connectivity index is 1.76. The molecule has 3 rings (SSSR count). The summed E-state index contributed by atoms with van der Waals surface area (Å²) in [7, 11) is 0. The topological polar surface area (TPSA) is 59.3 Å². The Labute approximate surface area is 140 Å². The number of carbonyl (C=O) groups excluding carboxylic acids is 1. The van der Waals surface area contributed by atoms with E-state index in [0.717, 1.165) is 6.42 Å². The lowest BCUT2D eigenvalue weighted by Crippen LogP contribution is -2.29. The van der Waals surface area contributed by atoms with Gasteiger partial charge in [-0.05, 0) is 24.1 Å². The maximum Gasteiger partial charge on any atom is 0.287 e. The van der Waals surface area contributed by atoms with E-state index in [-0.39, 0.29) is 23.0 Å². The lowest BCUT2D eigenvalue weighted by molar-refractivity contribution is 0.0923. The maximum absolute atomic E-state index is 12.3. The Morgan fingerprint density at radius 2 is 1.79 bits per heavy atom. The number of hydrogen-bond acceptors (Lipinski definition) is 3. The third kappa shape index (κ3) is 3.38. The number of para-hydroxylation sites is 1. The zero-order chi connectivity index (χ0) is 16.9. The molecule has 0 aliphatic carbocycles. The molecule has 0 spiro atoms. The van der Waals surface area contributed by atoms with Crippen LogP contribution in [0.25, 0.3) is 11.0 Å². The standard InChI is InChI=1S/C20H19NO3/c1-2-14(15-8-4-3-5-9-15)13-21-20(23)19-12-17(22)16-10-6-7-11-18(16)24-19/h3-12,14H,2,13H2,1H3,(H,21,23). The predicted octanol–water partition coefficient (Wildman–Crippen LogP) is 3.72. The maximum atomic E-state index is 12.3. The van der Waals surface area contributed by atoms with Gasteiger partial charge in [-0.15, -0.1) is 0 Å². The Morgan fingerprint density at radius 1 is 1.08 bits per heavy atom. The first-order valence-electron chi connectivity index (χ1n) is 8.05. The van der Waals surface area contributed by atoms with Crippen molar-refractivity contribution < 1.29 is 9.21 Å². The van der Waals surface area contributed by atoms with Gasteiger partial charge in [0.05, 0.1) is 5.39 Å². The van der Waals surface area contributed by atoms with Crippen molar-refractivity contribution in [3.63, 3.8) is 0 Å². The molecule has 0 aliphatic heterocycles. The van der Waals surface area contributed by atoms with Crippen LogP contribution in [0.3, 0.4) is 0 Å². The van der Waals surface area contributed by atoms with Crippen molar-refractivity contribution in [3.05, 3.63) is 82.2 Å². The van der Waals surface area contributed by atoms with Gasteiger partial charge in [0.2, 0.25) is 0 Å². The largest absolute Gasteiger partial charge is 0.451 e. The molecule has 0 radical (unpaired) electrons. The number of hydrogen-bond donors (Lipinski definition) is 1. The third-order valence-electron chi connectivity index (χ3n) is 4.13. The summed E-state index contributed by atoms with van der Waals surface area (Å²) in [6, 6.07) is 18.2. The summed E-state index contributed by atoms with van der Waals surface area (Å²) in [5.74, 6) is -0.101. The summed E-state index contributed by atoms with van der Waals surface area (Å²) >= 11 is 0. The molecule has 0 aliphatic rings. The minimum Gasteiger partial charge on any atom is -0.451 e. The zero-order valence-electron chi connectivity index (χ0n) is 13.5. The summed E-state index contributed by atoms with van der Waals surface area (Å²) in [5.41, 5.74) is 1.39. The average Bonchev–Trinajstić information content (AvgIpc) is 2.63. The molecule has 1 heterocycles. The summed E-state index contributed by atoms with van der Waals surface area (Å²) in [6.07, 6.45) is 0.909. The summed E-state index contributed by atoms with van der Waals surface area (Å²) in [6.45, 7) is 2.58. The van der Waals surface area contributed by atoms with Gasteiger partial charge < -0.3 is 9.73 Å². The van der Waals surface area contributed by atoms with Gasteiger partial charge >= 0.3 is 0 Å². The van der Waals surface area contributed by atoms with Gasteiger partial charge in [-0.25, -0.2) is 0 Å². The molecule has 1 unspecified atom stereocenters. The van der Waals surface area contributed by atoms with Crippen molar-refractivity contribution >= 4 is 16.9 Å². The number of fused-ring (bicyclic) bond motifs is 1. The Kier molecular flexibility index (Phi) is 4.75. The normalized spacial score (nSPS) is 12.0. The molecule has 0 bridgehead atoms. The van der Waals surface area contributed by atoms with E-state index in [1.807, 2.05) is 18.2 Å². The van der Waals surface area contributed by atoms with Crippen LogP contribution < -0.4 is 10.7 Å². The van der Waals surface area contributed by atoms with Crippen molar-refractivity contribution in [1.29, 1.82) is 0 Å². The fourth-order valence-electron chi connectivity index (χ4n) is 2.74. The molecular weight excluding hydrogens is 302 g/mol. The van der Waals surface area contributed by atoms with Crippen molar-refractivity contribution in [2.24, 2.45) is 0 Å². The third-order valence-corrected chi connectivity index (χ3v) is 4.13. The zero-order valence-corrected chi connectivity index (χ0v) is 13.5. The van der Waals surface area contributed by atoms with Crippen LogP contribution in [-0.2, 0) is 0 Å². The van der Waals surface area contributed by atoms with E-state index >= 15 is 0 Å². The van der Waals surface area contributed by atoms with E-state index in [4.69, 9.17) is 4.42 Å². The molecule has 1 amide bonds. The molecular formula is C20H19NO3. The van der Waals surface area contributed by atoms with Gasteiger partial charge in [-0.3, -0.25) is 9.59 Å². The summed E-state index contributed by atoms with van der Waals surface area (Å²) in [5, 5.41) is 3.35. The van der Waals surface area contributed by atoms with Crippen molar-refractivity contribution in [3.8, 4) is 0 Å². The van der Waals surface area contributed by atoms with Gasteiger partial charge in [-0.2, -0.15) is 0 Å². The highest BCUT2D eigenvalue weighted by Crippen LogP contribution is 2.18. The Hall–Kier alpha value is -2.88. The molecule has 24 heavy (non-hydrogen) atoms. The highest BCUT2D eigenvalue weighted by Gasteiger charge is 2.15. The molecule has 0 saturated heterocycles. The smallest absolute Gasteiger partial charge is 0.287 e. The van der Waals surface area contributed by atoms with Gasteiger partial charge in [0.25, 0.3) is 5.91 Å². The van der Waals surface area contributed by atoms with E-state index in [1.165, 1.54) is 11.6 Å². The SMILES string of the molecule is CCC(CNC(=O)c1cc(=O)c2ccccc2o1)c1ccccc1. The molecule has 1 aromatic heterocycles. The second-order valence-electron chi connectivity index (χ2n) is 5.70. The van der Waals surface area contributed by atoms with Crippen LogP contribution in [0, 0.1) is 0 Å². The van der Waals surface area contributed by atoms with E-state index in [9.17, 15) is 9.59 Å². The van der Waals surface area contributed by atoms with Crippen molar-refractivity contribution in [1.82, 2.24) is 5.32 Å². The fraction of sp³-hybridized carbons (Fsp3) is 0.200. The predicted molar refractivity (Wildman–Crippen MR) is 94.3 cm³/mol. The van der Waals surface area contributed by atoms with Crippen LogP contribution in [0.2, 0.25) is 0 Å². The summed E-state index contributed by atoms with van der Waals surface area (Å²) < 4.78 is 5.56. The van der Waals surface area contributed by atoms with Gasteiger partial charge in [-0.1, -0.05) is 49.4 Å². The monoisotopic (exact) mass is 321 g/mol.